The van der Waals surface area contributed by atoms with Crippen molar-refractivity contribution in [3.8, 4) is 0 Å². The molecule has 0 radical (unpaired) electrons. The van der Waals surface area contributed by atoms with Gasteiger partial charge in [-0.2, -0.15) is 0 Å². The lowest BCUT2D eigenvalue weighted by Crippen LogP contribution is -1.92. The maximum Gasteiger partial charge on any atom is -0.0276 e. The Labute approximate surface area is 412 Å². The number of hydrogen-bond donors (Lipinski definition) is 0. The van der Waals surface area contributed by atoms with E-state index >= 15 is 0 Å². The average Bonchev–Trinajstić information content (AvgIpc) is 3.32. The third-order valence-electron chi connectivity index (χ3n) is 10.00. The molecule has 0 spiro atoms. The van der Waals surface area contributed by atoms with Crippen LogP contribution in [0.1, 0.15) is 186 Å². The monoisotopic (exact) mass is 895 g/mol. The maximum atomic E-state index is 2.31. The van der Waals surface area contributed by atoms with Crippen molar-refractivity contribution in [1.29, 1.82) is 0 Å². The fourth-order valence-corrected chi connectivity index (χ4v) is 7.39. The maximum absolute atomic E-state index is 2.31. The van der Waals surface area contributed by atoms with Crippen LogP contribution < -0.4 is 0 Å². The van der Waals surface area contributed by atoms with Gasteiger partial charge in [0.2, 0.25) is 0 Å². The summed E-state index contributed by atoms with van der Waals surface area (Å²) in [4.78, 5) is 0. The first-order valence-corrected chi connectivity index (χ1v) is 26.3. The molecule has 0 heterocycles. The highest BCUT2D eigenvalue weighted by molar-refractivity contribution is 5.31. The fraction of sp³-hybridized carbons (Fsp3) is 0.455. The molecule has 0 aliphatic carbocycles. The molecule has 366 valence electrons. The fourth-order valence-electron chi connectivity index (χ4n) is 7.39. The van der Waals surface area contributed by atoms with Crippen molar-refractivity contribution in [3.63, 3.8) is 0 Å². The molecule has 66 heavy (non-hydrogen) atoms. The number of rotatable bonds is 12. The lowest BCUT2D eigenvalue weighted by molar-refractivity contribution is 0.819. The van der Waals surface area contributed by atoms with E-state index in [1.165, 1.54) is 141 Å². The second kappa shape index (κ2) is 42.9. The first-order valence-electron chi connectivity index (χ1n) is 26.3. The van der Waals surface area contributed by atoms with Gasteiger partial charge in [-0.15, -0.1) is 0 Å². The molecule has 0 amide bonds. The van der Waals surface area contributed by atoms with Crippen molar-refractivity contribution in [1.82, 2.24) is 0 Å². The molecular formula is C66H102. The summed E-state index contributed by atoms with van der Waals surface area (Å²) in [5.74, 6) is 0. The zero-order chi connectivity index (χ0) is 50.9. The molecule has 0 heteroatoms. The quantitative estimate of drug-likeness (QED) is 0.115. The molecule has 0 unspecified atom stereocenters. The molecule has 0 aliphatic heterocycles. The average molecular weight is 896 g/mol. The number of hydrogen-bond acceptors (Lipinski definition) is 0. The zero-order valence-corrected chi connectivity index (χ0v) is 47.0. The molecule has 6 rings (SSSR count). The van der Waals surface area contributed by atoms with Gasteiger partial charge in [-0.1, -0.05) is 261 Å². The second-order valence-corrected chi connectivity index (χ2v) is 16.0. The smallest absolute Gasteiger partial charge is 0.0276 e. The van der Waals surface area contributed by atoms with Gasteiger partial charge in [-0.25, -0.2) is 0 Å². The van der Waals surface area contributed by atoms with Crippen LogP contribution in [0.15, 0.2) is 127 Å². The third kappa shape index (κ3) is 32.1. The van der Waals surface area contributed by atoms with E-state index in [0.29, 0.717) is 0 Å². The topological polar surface area (TPSA) is 0 Å². The highest BCUT2D eigenvalue weighted by Crippen LogP contribution is 2.16. The van der Waals surface area contributed by atoms with E-state index in [2.05, 4.69) is 190 Å². The largest absolute Gasteiger partial charge is 0.0683 e. The Balaban J connectivity index is -0.000000807. The predicted octanol–water partition coefficient (Wildman–Crippen LogP) is 20.5. The normalized spacial score (nSPS) is 9.23. The molecular weight excluding hydrogens is 793 g/mol. The molecule has 0 fully saturated rings. The highest BCUT2D eigenvalue weighted by atomic mass is 14.1. The standard InChI is InChI=1S/3C18H22.6C2H6/c3*1-14-7-9-17(10-8-14)5-4-6-18-12-15(2)11-16(3)13-18;6*1-2/h3*7-13H,4-6H2,1-3H3;6*1-2H3. The Bertz CT molecular complexity index is 1690. The van der Waals surface area contributed by atoms with E-state index in [4.69, 9.17) is 0 Å². The Morgan fingerprint density at radius 1 is 0.182 bits per heavy atom. The van der Waals surface area contributed by atoms with Crippen LogP contribution in [0, 0.1) is 62.3 Å². The van der Waals surface area contributed by atoms with Crippen LogP contribution >= 0.6 is 0 Å². The van der Waals surface area contributed by atoms with E-state index in [1.807, 2.05) is 83.1 Å². The summed E-state index contributed by atoms with van der Waals surface area (Å²) in [6, 6.07) is 47.2. The van der Waals surface area contributed by atoms with E-state index in [1.54, 1.807) is 0 Å². The third-order valence-corrected chi connectivity index (χ3v) is 10.00. The first-order chi connectivity index (χ1) is 31.9. The van der Waals surface area contributed by atoms with Crippen molar-refractivity contribution in [3.05, 3.63) is 211 Å². The number of aryl methyl sites for hydroxylation is 15. The van der Waals surface area contributed by atoms with Gasteiger partial charge in [-0.3, -0.25) is 0 Å². The summed E-state index contributed by atoms with van der Waals surface area (Å²) in [5.41, 5.74) is 21.0. The lowest BCUT2D eigenvalue weighted by Gasteiger charge is -2.05. The zero-order valence-electron chi connectivity index (χ0n) is 47.0. The van der Waals surface area contributed by atoms with Crippen LogP contribution in [0.5, 0.6) is 0 Å². The molecule has 6 aromatic carbocycles. The van der Waals surface area contributed by atoms with Crippen LogP contribution in [0.25, 0.3) is 0 Å². The van der Waals surface area contributed by atoms with Crippen LogP contribution in [-0.2, 0) is 38.5 Å². The summed E-state index contributed by atoms with van der Waals surface area (Å²) in [7, 11) is 0. The Morgan fingerprint density at radius 2 is 0.333 bits per heavy atom. The van der Waals surface area contributed by atoms with Crippen molar-refractivity contribution in [2.24, 2.45) is 0 Å². The minimum atomic E-state index is 1.17. The van der Waals surface area contributed by atoms with Gasteiger partial charge in [0, 0.05) is 0 Å². The number of benzene rings is 6. The van der Waals surface area contributed by atoms with Gasteiger partial charge in [0.05, 0.1) is 0 Å². The van der Waals surface area contributed by atoms with E-state index < -0.39 is 0 Å². The molecule has 0 aromatic heterocycles. The summed E-state index contributed by atoms with van der Waals surface area (Å²) < 4.78 is 0. The molecule has 0 aliphatic rings. The Hall–Kier alpha value is -4.68. The molecule has 0 saturated heterocycles. The molecule has 0 N–H and O–H groups in total. The minimum absolute atomic E-state index is 1.17. The van der Waals surface area contributed by atoms with Crippen molar-refractivity contribution in [2.45, 2.75) is 203 Å². The Kier molecular flexibility index (Phi) is 42.7. The Morgan fingerprint density at radius 3 is 0.500 bits per heavy atom. The molecule has 0 saturated carbocycles. The predicted molar refractivity (Wildman–Crippen MR) is 305 cm³/mol. The van der Waals surface area contributed by atoms with Crippen LogP contribution in [0.3, 0.4) is 0 Å². The highest BCUT2D eigenvalue weighted by Gasteiger charge is 2.01. The molecule has 0 atom stereocenters. The molecule has 0 nitrogen and oxygen atoms in total. The van der Waals surface area contributed by atoms with Gasteiger partial charge >= 0.3 is 0 Å². The van der Waals surface area contributed by atoms with Gasteiger partial charge in [0.1, 0.15) is 0 Å². The summed E-state index contributed by atoms with van der Waals surface area (Å²) in [6.07, 6.45) is 10.7. The molecule has 6 aromatic rings. The summed E-state index contributed by atoms with van der Waals surface area (Å²) in [5, 5.41) is 0. The van der Waals surface area contributed by atoms with Crippen LogP contribution in [0.4, 0.5) is 0 Å². The van der Waals surface area contributed by atoms with Crippen molar-refractivity contribution >= 4 is 0 Å². The van der Waals surface area contributed by atoms with Crippen molar-refractivity contribution in [2.75, 3.05) is 0 Å². The van der Waals surface area contributed by atoms with Crippen molar-refractivity contribution < 1.29 is 0 Å². The van der Waals surface area contributed by atoms with Crippen LogP contribution in [0.2, 0.25) is 0 Å². The van der Waals surface area contributed by atoms with Gasteiger partial charge in [0.25, 0.3) is 0 Å². The lowest BCUT2D eigenvalue weighted by atomic mass is 10.0. The van der Waals surface area contributed by atoms with Gasteiger partial charge in [-0.05, 0) is 153 Å². The minimum Gasteiger partial charge on any atom is -0.0683 e. The SMILES string of the molecule is CC.CC.CC.CC.CC.CC.Cc1ccc(CCCc2cc(C)cc(C)c2)cc1.Cc1ccc(CCCc2cc(C)cc(C)c2)cc1.Cc1ccc(CCCc2cc(C)cc(C)c2)cc1. The van der Waals surface area contributed by atoms with Gasteiger partial charge in [0.15, 0.2) is 0 Å². The van der Waals surface area contributed by atoms with Gasteiger partial charge < -0.3 is 0 Å². The van der Waals surface area contributed by atoms with Crippen LogP contribution in [-0.4, -0.2) is 0 Å². The van der Waals surface area contributed by atoms with E-state index in [-0.39, 0.29) is 0 Å². The van der Waals surface area contributed by atoms with E-state index in [0.717, 1.165) is 0 Å². The summed E-state index contributed by atoms with van der Waals surface area (Å²) in [6.45, 7) is 43.5. The summed E-state index contributed by atoms with van der Waals surface area (Å²) >= 11 is 0. The van der Waals surface area contributed by atoms with E-state index in [9.17, 15) is 0 Å². The molecule has 0 bridgehead atoms. The first kappa shape index (κ1) is 65.6. The second-order valence-electron chi connectivity index (χ2n) is 16.0.